The summed E-state index contributed by atoms with van der Waals surface area (Å²) < 4.78 is 1.86. The molecule has 4 atom stereocenters. The Labute approximate surface area is 163 Å². The van der Waals surface area contributed by atoms with Gasteiger partial charge in [-0.15, -0.1) is 0 Å². The third kappa shape index (κ3) is 6.04. The van der Waals surface area contributed by atoms with Gasteiger partial charge in [-0.2, -0.15) is 0 Å². The number of amides is 1. The van der Waals surface area contributed by atoms with Crippen LogP contribution < -0.4 is 11.1 Å². The molecule has 6 nitrogen and oxygen atoms in total. The van der Waals surface area contributed by atoms with Crippen LogP contribution in [0.15, 0.2) is 18.7 Å². The topological polar surface area (TPSA) is 93.2 Å². The molecule has 1 fully saturated rings. The highest BCUT2D eigenvalue weighted by Gasteiger charge is 2.39. The summed E-state index contributed by atoms with van der Waals surface area (Å²) in [5, 5.41) is 14.2. The Bertz CT molecular complexity index is 540. The Hall–Kier alpha value is -1.40. The lowest BCUT2D eigenvalue weighted by atomic mass is 9.78. The van der Waals surface area contributed by atoms with Gasteiger partial charge in [0.2, 0.25) is 5.91 Å². The molecule has 27 heavy (non-hydrogen) atoms. The lowest BCUT2D eigenvalue weighted by Crippen LogP contribution is -2.49. The molecule has 0 radical (unpaired) electrons. The molecule has 6 heteroatoms. The quantitative estimate of drug-likeness (QED) is 0.583. The van der Waals surface area contributed by atoms with Crippen LogP contribution in [-0.2, 0) is 4.79 Å². The van der Waals surface area contributed by atoms with Gasteiger partial charge in [0.1, 0.15) is 0 Å². The predicted octanol–water partition coefficient (Wildman–Crippen LogP) is 2.88. The molecule has 154 valence electrons. The number of imidazole rings is 1. The van der Waals surface area contributed by atoms with Crippen LogP contribution in [0, 0.1) is 17.8 Å². The van der Waals surface area contributed by atoms with Gasteiger partial charge in [-0.25, -0.2) is 4.98 Å². The van der Waals surface area contributed by atoms with Crippen molar-refractivity contribution in [3.8, 4) is 0 Å². The molecule has 1 aromatic rings. The van der Waals surface area contributed by atoms with Gasteiger partial charge in [0.05, 0.1) is 24.4 Å². The second kappa shape index (κ2) is 10.8. The molecule has 1 aromatic heterocycles. The molecule has 1 aliphatic carbocycles. The van der Waals surface area contributed by atoms with Crippen molar-refractivity contribution < 1.29 is 9.90 Å². The van der Waals surface area contributed by atoms with Gasteiger partial charge >= 0.3 is 0 Å². The maximum absolute atomic E-state index is 12.9. The molecule has 0 saturated heterocycles. The fourth-order valence-electron chi connectivity index (χ4n) is 4.44. The average molecular weight is 379 g/mol. The Morgan fingerprint density at radius 1 is 1.33 bits per heavy atom. The highest BCUT2D eigenvalue weighted by Crippen LogP contribution is 2.33. The smallest absolute Gasteiger partial charge is 0.225 e. The zero-order valence-electron chi connectivity index (χ0n) is 17.2. The summed E-state index contributed by atoms with van der Waals surface area (Å²) in [7, 11) is 0. The van der Waals surface area contributed by atoms with E-state index in [1.165, 1.54) is 32.1 Å². The first kappa shape index (κ1) is 21.9. The van der Waals surface area contributed by atoms with Gasteiger partial charge in [-0.05, 0) is 24.7 Å². The van der Waals surface area contributed by atoms with Gasteiger partial charge < -0.3 is 20.7 Å². The van der Waals surface area contributed by atoms with Crippen LogP contribution in [0.25, 0.3) is 0 Å². The standard InChI is InChI=1S/C21H38N4O2/c1-4-10-24-21(27)18(15(2)3)19(25-12-11-23-14-25)20(26)17(22)13-16-8-6-5-7-9-16/h11-12,14-20,26H,4-10,13,22H2,1-3H3,(H,24,27)/t17-,18+,19?,20+/m0/s1. The fourth-order valence-corrected chi connectivity index (χ4v) is 4.44. The number of nitrogens with one attached hydrogen (secondary N) is 1. The number of hydrogen-bond acceptors (Lipinski definition) is 4. The number of nitrogens with two attached hydrogens (primary N) is 1. The van der Waals surface area contributed by atoms with E-state index in [1.807, 2.05) is 31.5 Å². The molecule has 1 heterocycles. The van der Waals surface area contributed by atoms with Crippen LogP contribution in [0.4, 0.5) is 0 Å². The van der Waals surface area contributed by atoms with Crippen molar-refractivity contribution in [1.82, 2.24) is 14.9 Å². The normalized spacial score (nSPS) is 20.2. The molecule has 0 aliphatic heterocycles. The minimum absolute atomic E-state index is 0.0190. The molecule has 0 aromatic carbocycles. The molecule has 1 amide bonds. The highest BCUT2D eigenvalue weighted by atomic mass is 16.3. The van der Waals surface area contributed by atoms with E-state index in [-0.39, 0.29) is 23.8 Å². The molecular weight excluding hydrogens is 340 g/mol. The molecule has 0 bridgehead atoms. The average Bonchev–Trinajstić information content (AvgIpc) is 3.18. The van der Waals surface area contributed by atoms with Crippen molar-refractivity contribution in [1.29, 1.82) is 0 Å². The first-order valence-corrected chi connectivity index (χ1v) is 10.6. The van der Waals surface area contributed by atoms with Crippen molar-refractivity contribution in [2.24, 2.45) is 23.5 Å². The van der Waals surface area contributed by atoms with Crippen molar-refractivity contribution in [2.45, 2.75) is 83.9 Å². The zero-order valence-corrected chi connectivity index (χ0v) is 17.2. The lowest BCUT2D eigenvalue weighted by Gasteiger charge is -2.37. The van der Waals surface area contributed by atoms with Crippen LogP contribution in [0.2, 0.25) is 0 Å². The molecular formula is C21H38N4O2. The summed E-state index contributed by atoms with van der Waals surface area (Å²) in [4.78, 5) is 17.0. The highest BCUT2D eigenvalue weighted by molar-refractivity contribution is 5.79. The summed E-state index contributed by atoms with van der Waals surface area (Å²) in [6.45, 7) is 6.73. The lowest BCUT2D eigenvalue weighted by molar-refractivity contribution is -0.130. The van der Waals surface area contributed by atoms with E-state index in [2.05, 4.69) is 10.3 Å². The van der Waals surface area contributed by atoms with E-state index in [0.717, 1.165) is 12.8 Å². The number of rotatable bonds is 10. The largest absolute Gasteiger partial charge is 0.389 e. The van der Waals surface area contributed by atoms with E-state index in [1.54, 1.807) is 12.5 Å². The number of carbonyl (C=O) groups is 1. The Kier molecular flexibility index (Phi) is 8.77. The van der Waals surface area contributed by atoms with Crippen molar-refractivity contribution in [2.75, 3.05) is 6.54 Å². The van der Waals surface area contributed by atoms with Gasteiger partial charge in [0.25, 0.3) is 0 Å². The van der Waals surface area contributed by atoms with Crippen LogP contribution in [0.5, 0.6) is 0 Å². The predicted molar refractivity (Wildman–Crippen MR) is 108 cm³/mol. The zero-order chi connectivity index (χ0) is 19.8. The first-order chi connectivity index (χ1) is 13.0. The van der Waals surface area contributed by atoms with Gasteiger partial charge in [0.15, 0.2) is 0 Å². The molecule has 0 spiro atoms. The number of aliphatic hydroxyl groups excluding tert-OH is 1. The number of nitrogens with zero attached hydrogens (tertiary/aromatic N) is 2. The summed E-state index contributed by atoms with van der Waals surface area (Å²) >= 11 is 0. The van der Waals surface area contributed by atoms with Gasteiger partial charge in [0, 0.05) is 25.0 Å². The van der Waals surface area contributed by atoms with E-state index in [0.29, 0.717) is 12.5 Å². The molecule has 2 rings (SSSR count). The first-order valence-electron chi connectivity index (χ1n) is 10.6. The fraction of sp³-hybridized carbons (Fsp3) is 0.810. The molecule has 1 aliphatic rings. The van der Waals surface area contributed by atoms with E-state index >= 15 is 0 Å². The van der Waals surface area contributed by atoms with Crippen LogP contribution in [0.1, 0.15) is 71.8 Å². The number of aromatic nitrogens is 2. The van der Waals surface area contributed by atoms with Crippen LogP contribution >= 0.6 is 0 Å². The van der Waals surface area contributed by atoms with E-state index in [9.17, 15) is 9.90 Å². The third-order valence-corrected chi connectivity index (χ3v) is 5.93. The second-order valence-corrected chi connectivity index (χ2v) is 8.46. The Morgan fingerprint density at radius 3 is 2.59 bits per heavy atom. The molecule has 1 saturated carbocycles. The van der Waals surface area contributed by atoms with Gasteiger partial charge in [-0.3, -0.25) is 4.79 Å². The SMILES string of the molecule is CCCNC(=O)[C@H](C(C)C)C([C@H](O)[C@@H](N)CC1CCCCC1)n1ccnc1. The summed E-state index contributed by atoms with van der Waals surface area (Å²) in [5.74, 6) is 0.275. The van der Waals surface area contributed by atoms with E-state index < -0.39 is 12.1 Å². The van der Waals surface area contributed by atoms with Gasteiger partial charge in [-0.1, -0.05) is 52.9 Å². The van der Waals surface area contributed by atoms with Crippen LogP contribution in [0.3, 0.4) is 0 Å². The number of aliphatic hydroxyl groups is 1. The molecule has 4 N–H and O–H groups in total. The van der Waals surface area contributed by atoms with Crippen molar-refractivity contribution in [3.05, 3.63) is 18.7 Å². The maximum atomic E-state index is 12.9. The maximum Gasteiger partial charge on any atom is 0.225 e. The second-order valence-electron chi connectivity index (χ2n) is 8.46. The summed E-state index contributed by atoms with van der Waals surface area (Å²) in [6, 6.07) is -0.760. The van der Waals surface area contributed by atoms with E-state index in [4.69, 9.17) is 5.73 Å². The Balaban J connectivity index is 2.19. The minimum Gasteiger partial charge on any atom is -0.389 e. The summed E-state index contributed by atoms with van der Waals surface area (Å²) in [5.41, 5.74) is 6.48. The Morgan fingerprint density at radius 2 is 2.04 bits per heavy atom. The van der Waals surface area contributed by atoms with Crippen molar-refractivity contribution >= 4 is 5.91 Å². The number of hydrogen-bond donors (Lipinski definition) is 3. The number of carbonyl (C=O) groups excluding carboxylic acids is 1. The minimum atomic E-state index is -0.791. The van der Waals surface area contributed by atoms with Crippen LogP contribution in [-0.4, -0.2) is 39.3 Å². The molecule has 1 unspecified atom stereocenters. The third-order valence-electron chi connectivity index (χ3n) is 5.93. The monoisotopic (exact) mass is 378 g/mol. The van der Waals surface area contributed by atoms with Crippen molar-refractivity contribution in [3.63, 3.8) is 0 Å². The summed E-state index contributed by atoms with van der Waals surface area (Å²) in [6.07, 6.45) is 12.3.